The standard InChI is InChI=1S/C45H46N6O7.C23H27N3O6.C22H19N3O2/c1-49-37-12-13-46-23-36(37)33-7-4-28(18-39(33)49)29-5-11-41(47-22-29)58-31-16-27(17-31)24-50-25-45(26-50)20-32(21-45)57-15-3-2-14-56-30-6-8-34-35(19-30)44(55)51(43(34)54)38-9-10-40(52)48-42(38)53;27-19-6-5-18(20(28)25-19)26-21(29)16-4-3-14(9-17(16)22(26)30)31-7-1-2-8-32-15-10-23(11-15)12-24-13-23;1-25-20-6-7-23-12-19(20)18-4-2-15(10-21(18)25)16-3-5-22(24-11-16)27-17-8-14(9-17)13-26/h4-8,11-13,18-19,22-23,27,31-32,38H,2-3,9-10,14-17,20-21,24-26H2,1H3,(H,48,52,53);3-4,9,15,18,24H,1-2,5-8,10-13H2,(H,25,27,28);2-7,10-14,17H,8-9H2,1H3. The minimum absolute atomic E-state index is 0.0858. The molecule has 10 aliphatic rings. The molecule has 2 atom stereocenters. The fourth-order valence-electron chi connectivity index (χ4n) is 18.6. The lowest BCUT2D eigenvalue weighted by molar-refractivity contribution is -0.157. The molecule has 4 saturated carbocycles. The van der Waals surface area contributed by atoms with Crippen LogP contribution in [0.15, 0.2) is 146 Å². The number of piperidine rings is 2. The number of fused-ring (bicyclic) bond motifs is 8. The molecule has 27 heteroatoms. The topological polar surface area (TPSA) is 316 Å². The van der Waals surface area contributed by atoms with Crippen molar-refractivity contribution in [3.05, 3.63) is 169 Å². The highest BCUT2D eigenvalue weighted by Gasteiger charge is 2.54. The van der Waals surface area contributed by atoms with Gasteiger partial charge in [0.1, 0.15) is 42.1 Å². The molecule has 3 N–H and O–H groups in total. The normalized spacial score (nSPS) is 22.8. The first-order valence-electron chi connectivity index (χ1n) is 40.9. The summed E-state index contributed by atoms with van der Waals surface area (Å²) >= 11 is 0. The molecule has 4 aromatic carbocycles. The Morgan fingerprint density at radius 2 is 0.915 bits per heavy atom. The Hall–Kier alpha value is -11.7. The van der Waals surface area contributed by atoms with Crippen molar-refractivity contribution in [1.82, 2.24) is 59.7 Å². The fourth-order valence-corrected chi connectivity index (χ4v) is 18.6. The Kier molecular flexibility index (Phi) is 21.0. The number of unbranched alkanes of at least 4 members (excludes halogenated alkanes) is 2. The van der Waals surface area contributed by atoms with Gasteiger partial charge in [0.15, 0.2) is 0 Å². The van der Waals surface area contributed by atoms with Crippen LogP contribution in [0.4, 0.5) is 0 Å². The third-order valence-electron chi connectivity index (χ3n) is 25.3. The highest BCUT2D eigenvalue weighted by molar-refractivity contribution is 6.25. The molecular formula is C90H92N12O15. The highest BCUT2D eigenvalue weighted by Crippen LogP contribution is 2.51. The van der Waals surface area contributed by atoms with E-state index in [1.165, 1.54) is 38.2 Å². The molecule has 0 radical (unpaired) electrons. The number of carbonyl (C=O) groups is 9. The van der Waals surface area contributed by atoms with Gasteiger partial charge in [-0.1, -0.05) is 24.3 Å². The SMILES string of the molecule is Cn1c2ccncc2c2ccc(-c3ccc(OC4CC(C=O)C4)nc3)cc21.Cn1c2ccncc2c2ccc(-c3ccc(OC4CC(CN5CC6(CC(OCCCCOc7ccc8c(c7)C(=O)N(C7CCC(=O)NC7=O)C8=O)C6)C5)C4)nc3)cc21.O=C1CCC(N2C(=O)c3ccc(OCCCCOC4CC5(CNC5)C4)cc3C2=O)C(=O)N1. The molecule has 4 saturated heterocycles. The second-order valence-electron chi connectivity index (χ2n) is 33.3. The zero-order chi connectivity index (χ0) is 80.2. The Morgan fingerprint density at radius 1 is 0.462 bits per heavy atom. The first-order chi connectivity index (χ1) is 56.9. The smallest absolute Gasteiger partial charge is 0.262 e. The molecule has 20 rings (SSSR count). The van der Waals surface area contributed by atoms with Crippen molar-refractivity contribution in [3.8, 4) is 45.5 Å². The molecule has 12 heterocycles. The van der Waals surface area contributed by atoms with E-state index in [1.807, 2.05) is 61.4 Å². The van der Waals surface area contributed by atoms with E-state index in [2.05, 4.69) is 113 Å². The predicted octanol–water partition coefficient (Wildman–Crippen LogP) is 10.8. The van der Waals surface area contributed by atoms with Gasteiger partial charge in [0.25, 0.3) is 23.6 Å². The van der Waals surface area contributed by atoms with Crippen LogP contribution in [0.3, 0.4) is 0 Å². The highest BCUT2D eigenvalue weighted by atomic mass is 16.5. The summed E-state index contributed by atoms with van der Waals surface area (Å²) in [5.74, 6) is -0.995. The number of aryl methyl sites for hydroxylation is 2. The average molecular weight is 1580 g/mol. The van der Waals surface area contributed by atoms with Gasteiger partial charge in [0.05, 0.1) is 58.7 Å². The maximum atomic E-state index is 13.1. The van der Waals surface area contributed by atoms with Crippen LogP contribution in [0.5, 0.6) is 23.3 Å². The number of aromatic nitrogens is 6. The zero-order valence-corrected chi connectivity index (χ0v) is 65.4. The van der Waals surface area contributed by atoms with E-state index in [0.717, 1.165) is 160 Å². The van der Waals surface area contributed by atoms with E-state index < -0.39 is 59.3 Å². The van der Waals surface area contributed by atoms with Crippen LogP contribution < -0.4 is 34.9 Å². The zero-order valence-electron chi connectivity index (χ0n) is 65.4. The number of hydrogen-bond donors (Lipinski definition) is 3. The lowest BCUT2D eigenvalue weighted by Gasteiger charge is -2.60. The van der Waals surface area contributed by atoms with Crippen molar-refractivity contribution < 1.29 is 71.6 Å². The molecular weight excluding hydrogens is 1490 g/mol. The molecule has 8 amide bonds. The van der Waals surface area contributed by atoms with Crippen molar-refractivity contribution in [2.75, 3.05) is 59.2 Å². The molecule has 10 aromatic rings. The van der Waals surface area contributed by atoms with Crippen molar-refractivity contribution >= 4 is 97.2 Å². The summed E-state index contributed by atoms with van der Waals surface area (Å²) in [6.45, 7) is 8.06. The van der Waals surface area contributed by atoms with Gasteiger partial charge in [0, 0.05) is 183 Å². The summed E-state index contributed by atoms with van der Waals surface area (Å²) in [6, 6.07) is 32.8. The van der Waals surface area contributed by atoms with E-state index in [1.54, 1.807) is 36.4 Å². The van der Waals surface area contributed by atoms with Crippen LogP contribution in [-0.4, -0.2) is 193 Å². The van der Waals surface area contributed by atoms with Crippen LogP contribution in [0, 0.1) is 22.7 Å². The molecule has 2 spiro atoms. The summed E-state index contributed by atoms with van der Waals surface area (Å²) in [6.07, 6.45) is 25.5. The quantitative estimate of drug-likeness (QED) is 0.0272. The molecule has 8 fully saturated rings. The second kappa shape index (κ2) is 32.1. The van der Waals surface area contributed by atoms with Crippen LogP contribution in [0.2, 0.25) is 0 Å². The van der Waals surface area contributed by atoms with Crippen molar-refractivity contribution in [3.63, 3.8) is 0 Å². The van der Waals surface area contributed by atoms with E-state index in [4.69, 9.17) is 28.4 Å². The monoisotopic (exact) mass is 1580 g/mol. The Bertz CT molecular complexity index is 5570. The second-order valence-corrected chi connectivity index (χ2v) is 33.3. The summed E-state index contributed by atoms with van der Waals surface area (Å²) in [5.41, 5.74) is 10.9. The number of aldehydes is 1. The summed E-state index contributed by atoms with van der Waals surface area (Å²) in [5, 5.41) is 12.5. The average Bonchev–Trinajstić information content (AvgIpc) is 1.74. The summed E-state index contributed by atoms with van der Waals surface area (Å²) in [4.78, 5) is 132. The molecule has 602 valence electrons. The number of nitrogens with one attached hydrogen (secondary N) is 3. The fraction of sp³-hybridized carbons (Fsp3) is 0.411. The van der Waals surface area contributed by atoms with E-state index in [-0.39, 0.29) is 66.1 Å². The number of benzene rings is 4. The molecule has 6 aliphatic heterocycles. The minimum Gasteiger partial charge on any atom is -0.494 e. The maximum Gasteiger partial charge on any atom is 0.262 e. The number of rotatable bonds is 25. The molecule has 4 aliphatic carbocycles. The number of likely N-dealkylation sites (tertiary alicyclic amines) is 1. The lowest BCUT2D eigenvalue weighted by Crippen LogP contribution is -2.65. The first-order valence-corrected chi connectivity index (χ1v) is 40.9. The Morgan fingerprint density at radius 3 is 1.36 bits per heavy atom. The van der Waals surface area contributed by atoms with E-state index in [0.29, 0.717) is 72.0 Å². The molecule has 6 aromatic heterocycles. The number of pyridine rings is 4. The lowest BCUT2D eigenvalue weighted by atomic mass is 9.61. The maximum absolute atomic E-state index is 13.1. The van der Waals surface area contributed by atoms with Gasteiger partial charge in [-0.05, 0) is 180 Å². The van der Waals surface area contributed by atoms with Crippen LogP contribution in [0.1, 0.15) is 144 Å². The van der Waals surface area contributed by atoms with Crippen LogP contribution in [0.25, 0.3) is 65.9 Å². The third kappa shape index (κ3) is 15.4. The number of imide groups is 4. The number of amides is 8. The summed E-state index contributed by atoms with van der Waals surface area (Å²) < 4.78 is 40.2. The van der Waals surface area contributed by atoms with Crippen molar-refractivity contribution in [2.24, 2.45) is 36.8 Å². The Labute approximate surface area is 674 Å². The number of nitrogens with zero attached hydrogens (tertiary/aromatic N) is 9. The van der Waals surface area contributed by atoms with Gasteiger partial charge < -0.3 is 52.6 Å². The molecule has 27 nitrogen and oxygen atoms in total. The van der Waals surface area contributed by atoms with E-state index in [9.17, 15) is 43.2 Å². The Balaban J connectivity index is 0.000000134. The van der Waals surface area contributed by atoms with Gasteiger partial charge in [-0.25, -0.2) is 9.97 Å². The van der Waals surface area contributed by atoms with Crippen LogP contribution in [-0.2, 0) is 47.5 Å². The molecule has 2 unspecified atom stereocenters. The molecule has 0 bridgehead atoms. The number of ether oxygens (including phenoxy) is 6. The number of hydrogen-bond acceptors (Lipinski definition) is 21. The van der Waals surface area contributed by atoms with Gasteiger partial charge in [-0.15, -0.1) is 0 Å². The van der Waals surface area contributed by atoms with Gasteiger partial charge in [-0.3, -0.25) is 68.8 Å². The van der Waals surface area contributed by atoms with Gasteiger partial charge >= 0.3 is 0 Å². The van der Waals surface area contributed by atoms with Crippen molar-refractivity contribution in [1.29, 1.82) is 0 Å². The molecule has 117 heavy (non-hydrogen) atoms. The predicted molar refractivity (Wildman–Crippen MR) is 431 cm³/mol. The van der Waals surface area contributed by atoms with E-state index >= 15 is 0 Å². The van der Waals surface area contributed by atoms with Gasteiger partial charge in [0.2, 0.25) is 35.4 Å². The van der Waals surface area contributed by atoms with Crippen molar-refractivity contribution in [2.45, 2.75) is 139 Å². The number of carbonyl (C=O) groups excluding carboxylic acids is 9. The first kappa shape index (κ1) is 76.6. The van der Waals surface area contributed by atoms with Crippen LogP contribution >= 0.6 is 0 Å². The third-order valence-corrected chi connectivity index (χ3v) is 25.3. The minimum atomic E-state index is -0.983. The largest absolute Gasteiger partial charge is 0.494 e. The van der Waals surface area contributed by atoms with Gasteiger partial charge in [-0.2, -0.15) is 0 Å². The summed E-state index contributed by atoms with van der Waals surface area (Å²) in [7, 11) is 4.17.